The standard InChI is InChI=1S/C15H22N2O4S/c1-22(19,20)14-8-10-17(12-14)15(18)16-9-5-11-21-13-6-3-2-4-7-13/h2-4,6-7,14H,5,8-12H2,1H3,(H,16,18)/t14-/m1/s1. The molecule has 2 amide bonds. The average molecular weight is 326 g/mol. The van der Waals surface area contributed by atoms with Crippen molar-refractivity contribution in [1.29, 1.82) is 0 Å². The van der Waals surface area contributed by atoms with Crippen LogP contribution >= 0.6 is 0 Å². The van der Waals surface area contributed by atoms with Gasteiger partial charge in [0.05, 0.1) is 11.9 Å². The largest absolute Gasteiger partial charge is 0.494 e. The number of para-hydroxylation sites is 1. The highest BCUT2D eigenvalue weighted by Gasteiger charge is 2.32. The highest BCUT2D eigenvalue weighted by molar-refractivity contribution is 7.91. The lowest BCUT2D eigenvalue weighted by molar-refractivity contribution is 0.207. The molecule has 0 unspecified atom stereocenters. The van der Waals surface area contributed by atoms with E-state index in [0.717, 1.165) is 5.75 Å². The zero-order valence-corrected chi connectivity index (χ0v) is 13.5. The van der Waals surface area contributed by atoms with Crippen LogP contribution in [-0.2, 0) is 9.84 Å². The molecule has 0 aromatic heterocycles. The van der Waals surface area contributed by atoms with Gasteiger partial charge in [-0.25, -0.2) is 13.2 Å². The van der Waals surface area contributed by atoms with Crippen molar-refractivity contribution in [3.63, 3.8) is 0 Å². The fourth-order valence-corrected chi connectivity index (χ4v) is 3.33. The lowest BCUT2D eigenvalue weighted by Crippen LogP contribution is -2.40. The van der Waals surface area contributed by atoms with Gasteiger partial charge in [0.1, 0.15) is 5.75 Å². The molecule has 1 heterocycles. The van der Waals surface area contributed by atoms with Gasteiger partial charge in [-0.2, -0.15) is 0 Å². The first-order chi connectivity index (χ1) is 10.5. The van der Waals surface area contributed by atoms with Crippen LogP contribution in [-0.4, -0.2) is 57.1 Å². The van der Waals surface area contributed by atoms with Gasteiger partial charge >= 0.3 is 6.03 Å². The van der Waals surface area contributed by atoms with Gasteiger partial charge in [-0.15, -0.1) is 0 Å². The van der Waals surface area contributed by atoms with E-state index in [-0.39, 0.29) is 12.6 Å². The molecule has 0 aliphatic carbocycles. The van der Waals surface area contributed by atoms with E-state index >= 15 is 0 Å². The van der Waals surface area contributed by atoms with Crippen LogP contribution in [0.1, 0.15) is 12.8 Å². The van der Waals surface area contributed by atoms with Gasteiger partial charge in [-0.05, 0) is 25.0 Å². The molecule has 1 N–H and O–H groups in total. The lowest BCUT2D eigenvalue weighted by atomic mass is 10.3. The monoisotopic (exact) mass is 326 g/mol. The number of sulfone groups is 1. The molecule has 0 saturated carbocycles. The van der Waals surface area contributed by atoms with E-state index in [1.54, 1.807) is 4.90 Å². The van der Waals surface area contributed by atoms with Crippen LogP contribution in [0.3, 0.4) is 0 Å². The van der Waals surface area contributed by atoms with Crippen LogP contribution in [0.2, 0.25) is 0 Å². The van der Waals surface area contributed by atoms with Crippen LogP contribution < -0.4 is 10.1 Å². The van der Waals surface area contributed by atoms with E-state index in [2.05, 4.69) is 5.32 Å². The Bertz CT molecular complexity index is 589. The van der Waals surface area contributed by atoms with Crippen LogP contribution in [0.4, 0.5) is 4.79 Å². The van der Waals surface area contributed by atoms with Crippen LogP contribution in [0.5, 0.6) is 5.75 Å². The number of carbonyl (C=O) groups excluding carboxylic acids is 1. The third-order valence-electron chi connectivity index (χ3n) is 3.65. The summed E-state index contributed by atoms with van der Waals surface area (Å²) < 4.78 is 28.5. The van der Waals surface area contributed by atoms with Gasteiger partial charge in [0.2, 0.25) is 0 Å². The minimum atomic E-state index is -3.07. The Morgan fingerprint density at radius 1 is 1.36 bits per heavy atom. The summed E-state index contributed by atoms with van der Waals surface area (Å²) in [5, 5.41) is 2.36. The van der Waals surface area contributed by atoms with Gasteiger partial charge in [-0.1, -0.05) is 18.2 Å². The van der Waals surface area contributed by atoms with Crippen molar-refractivity contribution in [2.75, 3.05) is 32.5 Å². The Kier molecular flexibility index (Phi) is 5.65. The summed E-state index contributed by atoms with van der Waals surface area (Å²) in [5.74, 6) is 0.810. The molecule has 0 spiro atoms. The SMILES string of the molecule is CS(=O)(=O)[C@@H]1CCN(C(=O)NCCCOc2ccccc2)C1. The molecule has 7 heteroatoms. The number of hydrogen-bond donors (Lipinski definition) is 1. The van der Waals surface area contributed by atoms with Gasteiger partial charge < -0.3 is 15.0 Å². The third-order valence-corrected chi connectivity index (χ3v) is 5.24. The summed E-state index contributed by atoms with van der Waals surface area (Å²) in [4.78, 5) is 13.5. The van der Waals surface area contributed by atoms with Gasteiger partial charge in [0, 0.05) is 25.9 Å². The number of hydrogen-bond acceptors (Lipinski definition) is 4. The van der Waals surface area contributed by atoms with E-state index < -0.39 is 15.1 Å². The predicted octanol–water partition coefficient (Wildman–Crippen LogP) is 1.28. The zero-order valence-electron chi connectivity index (χ0n) is 12.7. The molecular formula is C15H22N2O4S. The summed E-state index contributed by atoms with van der Waals surface area (Å²) in [6.07, 6.45) is 2.44. The lowest BCUT2D eigenvalue weighted by Gasteiger charge is -2.17. The Morgan fingerprint density at radius 2 is 2.09 bits per heavy atom. The predicted molar refractivity (Wildman–Crippen MR) is 84.8 cm³/mol. The first-order valence-electron chi connectivity index (χ1n) is 7.36. The number of amides is 2. The number of carbonyl (C=O) groups is 1. The molecule has 1 aliphatic rings. The first kappa shape index (κ1) is 16.6. The van der Waals surface area contributed by atoms with Gasteiger partial charge in [-0.3, -0.25) is 0 Å². The summed E-state index contributed by atoms with van der Waals surface area (Å²) >= 11 is 0. The van der Waals surface area contributed by atoms with Gasteiger partial charge in [0.25, 0.3) is 0 Å². The maximum absolute atomic E-state index is 11.9. The average Bonchev–Trinajstić information content (AvgIpc) is 2.98. The third kappa shape index (κ3) is 4.91. The smallest absolute Gasteiger partial charge is 0.317 e. The number of nitrogens with zero attached hydrogens (tertiary/aromatic N) is 1. The van der Waals surface area contributed by atoms with E-state index in [9.17, 15) is 13.2 Å². The van der Waals surface area contributed by atoms with Gasteiger partial charge in [0.15, 0.2) is 9.84 Å². The molecular weight excluding hydrogens is 304 g/mol. The quantitative estimate of drug-likeness (QED) is 0.799. The highest BCUT2D eigenvalue weighted by atomic mass is 32.2. The van der Waals surface area contributed by atoms with Crippen molar-refractivity contribution in [2.45, 2.75) is 18.1 Å². The number of rotatable bonds is 6. The molecule has 1 saturated heterocycles. The Balaban J connectivity index is 1.62. The molecule has 1 aromatic carbocycles. The van der Waals surface area contributed by atoms with Crippen molar-refractivity contribution in [3.05, 3.63) is 30.3 Å². The number of nitrogens with one attached hydrogen (secondary N) is 1. The number of ether oxygens (including phenoxy) is 1. The minimum absolute atomic E-state index is 0.203. The Labute approximate surface area is 131 Å². The Morgan fingerprint density at radius 3 is 2.73 bits per heavy atom. The van der Waals surface area contributed by atoms with Crippen molar-refractivity contribution in [1.82, 2.24) is 10.2 Å². The summed E-state index contributed by atoms with van der Waals surface area (Å²) in [6, 6.07) is 9.30. The fourth-order valence-electron chi connectivity index (χ4n) is 2.35. The minimum Gasteiger partial charge on any atom is -0.494 e. The van der Waals surface area contributed by atoms with Crippen molar-refractivity contribution in [2.24, 2.45) is 0 Å². The second-order valence-corrected chi connectivity index (χ2v) is 7.76. The molecule has 6 nitrogen and oxygen atoms in total. The molecule has 1 fully saturated rings. The molecule has 2 rings (SSSR count). The molecule has 1 aromatic rings. The normalized spacial score (nSPS) is 18.2. The topological polar surface area (TPSA) is 75.7 Å². The van der Waals surface area contributed by atoms with E-state index in [4.69, 9.17) is 4.74 Å². The summed E-state index contributed by atoms with van der Waals surface area (Å²) in [6.45, 7) is 1.80. The van der Waals surface area contributed by atoms with Crippen LogP contribution in [0.15, 0.2) is 30.3 Å². The van der Waals surface area contributed by atoms with Crippen molar-refractivity contribution >= 4 is 15.9 Å². The maximum Gasteiger partial charge on any atom is 0.317 e. The summed E-state index contributed by atoms with van der Waals surface area (Å²) in [5.41, 5.74) is 0. The zero-order chi connectivity index (χ0) is 16.0. The maximum atomic E-state index is 11.9. The number of likely N-dealkylation sites (tertiary alicyclic amines) is 1. The number of benzene rings is 1. The highest BCUT2D eigenvalue weighted by Crippen LogP contribution is 2.16. The van der Waals surface area contributed by atoms with E-state index in [0.29, 0.717) is 32.5 Å². The molecule has 1 aliphatic heterocycles. The Hall–Kier alpha value is -1.76. The molecule has 122 valence electrons. The first-order valence-corrected chi connectivity index (χ1v) is 9.32. The van der Waals surface area contributed by atoms with Crippen molar-refractivity contribution < 1.29 is 17.9 Å². The molecule has 0 bridgehead atoms. The number of urea groups is 1. The van der Waals surface area contributed by atoms with E-state index in [1.807, 2.05) is 30.3 Å². The molecule has 22 heavy (non-hydrogen) atoms. The second-order valence-electron chi connectivity index (χ2n) is 5.43. The van der Waals surface area contributed by atoms with Crippen molar-refractivity contribution in [3.8, 4) is 5.75 Å². The summed E-state index contributed by atoms with van der Waals surface area (Å²) in [7, 11) is -3.07. The van der Waals surface area contributed by atoms with E-state index in [1.165, 1.54) is 6.26 Å². The fraction of sp³-hybridized carbons (Fsp3) is 0.533. The molecule has 0 radical (unpaired) electrons. The van der Waals surface area contributed by atoms with Crippen LogP contribution in [0, 0.1) is 0 Å². The van der Waals surface area contributed by atoms with Crippen LogP contribution in [0.25, 0.3) is 0 Å². The second kappa shape index (κ2) is 7.49. The molecule has 1 atom stereocenters.